The number of halogens is 1. The van der Waals surface area contributed by atoms with Gasteiger partial charge in [-0.1, -0.05) is 6.07 Å². The van der Waals surface area contributed by atoms with Gasteiger partial charge in [0.05, 0.1) is 40.7 Å². The molecule has 0 aliphatic heterocycles. The van der Waals surface area contributed by atoms with Crippen molar-refractivity contribution in [3.63, 3.8) is 0 Å². The van der Waals surface area contributed by atoms with Crippen LogP contribution in [0.4, 0.5) is 5.69 Å². The fourth-order valence-electron chi connectivity index (χ4n) is 2.63. The summed E-state index contributed by atoms with van der Waals surface area (Å²) in [5, 5.41) is 1.56. The predicted molar refractivity (Wildman–Crippen MR) is 114 cm³/mol. The largest absolute Gasteiger partial charge is 0.497 e. The van der Waals surface area contributed by atoms with E-state index in [-0.39, 0.29) is 22.7 Å². The number of carbonyl (C=O) groups excluding carboxylic acids is 1. The van der Waals surface area contributed by atoms with E-state index in [4.69, 9.17) is 9.47 Å². The van der Waals surface area contributed by atoms with E-state index in [2.05, 4.69) is 20.9 Å². The number of pyridine rings is 1. The first-order valence-electron chi connectivity index (χ1n) is 8.29. The molecule has 2 aromatic heterocycles. The molecule has 7 nitrogen and oxygen atoms in total. The molecule has 152 valence electrons. The second kappa shape index (κ2) is 8.93. The standard InChI is InChI=1S/C19H17BrN2O5S2/c1-26-14-5-7-15(8-6-14)29(24,25)22(11-13-4-3-9-21-10-13)17-16(19(23)27-2)12-28-18(17)20/h3-10,12H,11H2,1-2H3. The molecule has 1 aromatic carbocycles. The molecule has 0 unspecified atom stereocenters. The molecular formula is C19H17BrN2O5S2. The highest BCUT2D eigenvalue weighted by atomic mass is 79.9. The fourth-order valence-corrected chi connectivity index (χ4v) is 5.76. The van der Waals surface area contributed by atoms with E-state index in [0.29, 0.717) is 15.1 Å². The number of benzene rings is 1. The first-order chi connectivity index (χ1) is 13.9. The molecule has 10 heteroatoms. The average Bonchev–Trinajstić information content (AvgIpc) is 3.13. The lowest BCUT2D eigenvalue weighted by molar-refractivity contribution is 0.0602. The highest BCUT2D eigenvalue weighted by Gasteiger charge is 2.32. The van der Waals surface area contributed by atoms with E-state index in [0.717, 1.165) is 0 Å². The second-order valence-corrected chi connectivity index (χ2v) is 9.87. The SMILES string of the molecule is COC(=O)c1csc(Br)c1N(Cc1cccnc1)S(=O)(=O)c1ccc(OC)cc1. The molecule has 0 radical (unpaired) electrons. The van der Waals surface area contributed by atoms with Gasteiger partial charge in [0, 0.05) is 17.8 Å². The number of nitrogens with zero attached hydrogens (tertiary/aromatic N) is 2. The Labute approximate surface area is 181 Å². The minimum atomic E-state index is -4.02. The number of anilines is 1. The third kappa shape index (κ3) is 4.44. The van der Waals surface area contributed by atoms with Crippen molar-refractivity contribution in [1.82, 2.24) is 4.98 Å². The molecule has 0 bridgehead atoms. The van der Waals surface area contributed by atoms with Crippen molar-refractivity contribution in [1.29, 1.82) is 0 Å². The minimum absolute atomic E-state index is 0.0124. The van der Waals surface area contributed by atoms with E-state index in [1.807, 2.05) is 0 Å². The predicted octanol–water partition coefficient (Wildman–Crippen LogP) is 4.10. The number of hydrogen-bond donors (Lipinski definition) is 0. The quantitative estimate of drug-likeness (QED) is 0.457. The highest BCUT2D eigenvalue weighted by Crippen LogP contribution is 2.40. The lowest BCUT2D eigenvalue weighted by Crippen LogP contribution is -2.32. The van der Waals surface area contributed by atoms with E-state index >= 15 is 0 Å². The molecule has 0 atom stereocenters. The molecule has 3 aromatic rings. The number of ether oxygens (including phenoxy) is 2. The topological polar surface area (TPSA) is 85.8 Å². The summed E-state index contributed by atoms with van der Waals surface area (Å²) < 4.78 is 38.7. The van der Waals surface area contributed by atoms with Crippen molar-refractivity contribution >= 4 is 48.9 Å². The van der Waals surface area contributed by atoms with Crippen LogP contribution in [0.25, 0.3) is 0 Å². The van der Waals surface area contributed by atoms with Crippen LogP contribution in [0, 0.1) is 0 Å². The second-order valence-electron chi connectivity index (χ2n) is 5.81. The number of aromatic nitrogens is 1. The smallest absolute Gasteiger partial charge is 0.340 e. The number of thiophene rings is 1. The number of sulfonamides is 1. The Bertz CT molecular complexity index is 1100. The Balaban J connectivity index is 2.16. The molecular weight excluding hydrogens is 480 g/mol. The highest BCUT2D eigenvalue weighted by molar-refractivity contribution is 9.11. The molecule has 0 saturated heterocycles. The first-order valence-corrected chi connectivity index (χ1v) is 11.4. The third-order valence-corrected chi connectivity index (χ3v) is 7.52. The summed E-state index contributed by atoms with van der Waals surface area (Å²) in [6, 6.07) is 9.54. The maximum atomic E-state index is 13.5. The number of methoxy groups -OCH3 is 2. The summed E-state index contributed by atoms with van der Waals surface area (Å²) in [7, 11) is -1.26. The molecule has 0 aliphatic rings. The summed E-state index contributed by atoms with van der Waals surface area (Å²) in [5.41, 5.74) is 1.05. The molecule has 2 heterocycles. The Kier molecular flexibility index (Phi) is 6.56. The summed E-state index contributed by atoms with van der Waals surface area (Å²) in [6.07, 6.45) is 3.18. The van der Waals surface area contributed by atoms with Gasteiger partial charge in [-0.2, -0.15) is 0 Å². The third-order valence-electron chi connectivity index (χ3n) is 4.07. The monoisotopic (exact) mass is 496 g/mol. The number of carbonyl (C=O) groups is 1. The van der Waals surface area contributed by atoms with Gasteiger partial charge in [-0.3, -0.25) is 9.29 Å². The lowest BCUT2D eigenvalue weighted by Gasteiger charge is -2.25. The lowest BCUT2D eigenvalue weighted by atomic mass is 10.2. The van der Waals surface area contributed by atoms with Crippen LogP contribution < -0.4 is 9.04 Å². The van der Waals surface area contributed by atoms with E-state index in [1.165, 1.54) is 42.0 Å². The normalized spacial score (nSPS) is 11.1. The van der Waals surface area contributed by atoms with Gasteiger partial charge in [-0.05, 0) is 51.8 Å². The molecule has 0 fully saturated rings. The molecule has 0 spiro atoms. The van der Waals surface area contributed by atoms with Gasteiger partial charge in [0.1, 0.15) is 5.75 Å². The van der Waals surface area contributed by atoms with E-state index in [9.17, 15) is 13.2 Å². The van der Waals surface area contributed by atoms with Gasteiger partial charge < -0.3 is 9.47 Å². The summed E-state index contributed by atoms with van der Waals surface area (Å²) in [4.78, 5) is 16.4. The van der Waals surface area contributed by atoms with Crippen molar-refractivity contribution in [2.75, 3.05) is 18.5 Å². The fraction of sp³-hybridized carbons (Fsp3) is 0.158. The Morgan fingerprint density at radius 3 is 2.52 bits per heavy atom. The van der Waals surface area contributed by atoms with Gasteiger partial charge in [0.15, 0.2) is 0 Å². The Morgan fingerprint density at radius 2 is 1.93 bits per heavy atom. The minimum Gasteiger partial charge on any atom is -0.497 e. The summed E-state index contributed by atoms with van der Waals surface area (Å²) in [5.74, 6) is -0.0854. The Morgan fingerprint density at radius 1 is 1.21 bits per heavy atom. The van der Waals surface area contributed by atoms with Crippen LogP contribution in [-0.2, 0) is 21.3 Å². The molecule has 3 rings (SSSR count). The van der Waals surface area contributed by atoms with Crippen LogP contribution in [0.5, 0.6) is 5.75 Å². The van der Waals surface area contributed by atoms with Gasteiger partial charge in [0.2, 0.25) is 0 Å². The van der Waals surface area contributed by atoms with Crippen molar-refractivity contribution < 1.29 is 22.7 Å². The molecule has 0 aliphatic carbocycles. The summed E-state index contributed by atoms with van der Waals surface area (Å²) >= 11 is 4.59. The average molecular weight is 497 g/mol. The van der Waals surface area contributed by atoms with Crippen molar-refractivity contribution in [2.24, 2.45) is 0 Å². The van der Waals surface area contributed by atoms with Crippen LogP contribution in [0.1, 0.15) is 15.9 Å². The number of hydrogen-bond acceptors (Lipinski definition) is 7. The summed E-state index contributed by atoms with van der Waals surface area (Å²) in [6.45, 7) is -0.0124. The maximum Gasteiger partial charge on any atom is 0.340 e. The zero-order chi connectivity index (χ0) is 21.0. The van der Waals surface area contributed by atoms with Gasteiger partial charge >= 0.3 is 5.97 Å². The van der Waals surface area contributed by atoms with E-state index < -0.39 is 16.0 Å². The van der Waals surface area contributed by atoms with E-state index in [1.54, 1.807) is 42.0 Å². The number of esters is 1. The van der Waals surface area contributed by atoms with Gasteiger partial charge in [-0.15, -0.1) is 11.3 Å². The molecule has 29 heavy (non-hydrogen) atoms. The van der Waals surface area contributed by atoms with Gasteiger partial charge in [0.25, 0.3) is 10.0 Å². The molecule has 0 saturated carbocycles. The van der Waals surface area contributed by atoms with Crippen molar-refractivity contribution in [3.8, 4) is 5.75 Å². The molecule has 0 amide bonds. The van der Waals surface area contributed by atoms with Crippen molar-refractivity contribution in [3.05, 3.63) is 69.1 Å². The zero-order valence-corrected chi connectivity index (χ0v) is 18.8. The zero-order valence-electron chi connectivity index (χ0n) is 15.5. The van der Waals surface area contributed by atoms with Crippen LogP contribution in [0.3, 0.4) is 0 Å². The van der Waals surface area contributed by atoms with Crippen molar-refractivity contribution in [2.45, 2.75) is 11.4 Å². The first kappa shape index (κ1) is 21.3. The van der Waals surface area contributed by atoms with Crippen LogP contribution in [-0.4, -0.2) is 33.6 Å². The Hall–Kier alpha value is -2.43. The van der Waals surface area contributed by atoms with Gasteiger partial charge in [-0.25, -0.2) is 13.2 Å². The maximum absolute atomic E-state index is 13.5. The van der Waals surface area contributed by atoms with Crippen LogP contribution >= 0.6 is 27.3 Å². The molecule has 0 N–H and O–H groups in total. The number of rotatable bonds is 7. The van der Waals surface area contributed by atoms with Crippen LogP contribution in [0.15, 0.2) is 62.9 Å². The van der Waals surface area contributed by atoms with Crippen LogP contribution in [0.2, 0.25) is 0 Å².